The van der Waals surface area contributed by atoms with Gasteiger partial charge in [-0.05, 0) is 0 Å². The lowest BCUT2D eigenvalue weighted by molar-refractivity contribution is -0.385. The van der Waals surface area contributed by atoms with Gasteiger partial charge in [-0.25, -0.2) is 0 Å². The van der Waals surface area contributed by atoms with Gasteiger partial charge in [0.2, 0.25) is 0 Å². The monoisotopic (exact) mass is 207 g/mol. The van der Waals surface area contributed by atoms with E-state index >= 15 is 0 Å². The van der Waals surface area contributed by atoms with Crippen LogP contribution in [0.5, 0.6) is 0 Å². The van der Waals surface area contributed by atoms with E-state index in [2.05, 4.69) is 0 Å². The molecule has 1 atom stereocenters. The fraction of sp³-hybridized carbons (Fsp3) is 0.200. The predicted octanol–water partition coefficient (Wildman–Crippen LogP) is 1.71. The van der Waals surface area contributed by atoms with Crippen molar-refractivity contribution in [3.8, 4) is 0 Å². The van der Waals surface area contributed by atoms with Crippen molar-refractivity contribution in [3.63, 3.8) is 0 Å². The maximum absolute atomic E-state index is 10.7. The largest absolute Gasteiger partial charge is 0.303 e. The van der Waals surface area contributed by atoms with Crippen LogP contribution in [0.1, 0.15) is 28.8 Å². The van der Waals surface area contributed by atoms with E-state index in [-0.39, 0.29) is 11.3 Å². The first-order chi connectivity index (χ1) is 7.10. The molecule has 5 nitrogen and oxygen atoms in total. The summed E-state index contributed by atoms with van der Waals surface area (Å²) in [4.78, 5) is 31.1. The Labute approximate surface area is 85.9 Å². The molecule has 1 rings (SSSR count). The molecule has 0 aliphatic rings. The lowest BCUT2D eigenvalue weighted by Crippen LogP contribution is -2.01. The fourth-order valence-electron chi connectivity index (χ4n) is 1.25. The molecule has 0 heterocycles. The molecule has 0 spiro atoms. The summed E-state index contributed by atoms with van der Waals surface area (Å²) in [6, 6.07) is 4.05. The minimum atomic E-state index is -0.595. The maximum Gasteiger partial charge on any atom is 0.274 e. The number of carbonyl (C=O) groups excluding carboxylic acids is 2. The molecule has 78 valence electrons. The van der Waals surface area contributed by atoms with Crippen LogP contribution in [0.15, 0.2) is 18.2 Å². The number of nitro benzene ring substituents is 1. The number of benzene rings is 1. The van der Waals surface area contributed by atoms with Crippen LogP contribution in [0.4, 0.5) is 5.69 Å². The molecule has 15 heavy (non-hydrogen) atoms. The molecule has 0 aliphatic heterocycles. The Balaban J connectivity index is 3.32. The van der Waals surface area contributed by atoms with Crippen molar-refractivity contribution in [1.29, 1.82) is 0 Å². The summed E-state index contributed by atoms with van der Waals surface area (Å²) >= 11 is 0. The van der Waals surface area contributed by atoms with E-state index in [9.17, 15) is 19.7 Å². The lowest BCUT2D eigenvalue weighted by Gasteiger charge is -2.05. The first-order valence-electron chi connectivity index (χ1n) is 4.29. The van der Waals surface area contributed by atoms with Crippen LogP contribution >= 0.6 is 0 Å². The molecule has 1 unspecified atom stereocenters. The number of nitrogens with zero attached hydrogens (tertiary/aromatic N) is 1. The van der Waals surface area contributed by atoms with Crippen LogP contribution in [0, 0.1) is 10.1 Å². The van der Waals surface area contributed by atoms with Crippen molar-refractivity contribution < 1.29 is 14.5 Å². The van der Waals surface area contributed by atoms with Gasteiger partial charge in [0.25, 0.3) is 5.69 Å². The summed E-state index contributed by atoms with van der Waals surface area (Å²) in [7, 11) is 0. The Morgan fingerprint density at radius 2 is 2.07 bits per heavy atom. The summed E-state index contributed by atoms with van der Waals surface area (Å²) in [5, 5.41) is 10.7. The second-order valence-corrected chi connectivity index (χ2v) is 3.12. The van der Waals surface area contributed by atoms with Gasteiger partial charge in [-0.2, -0.15) is 0 Å². The molecule has 5 heteroatoms. The second-order valence-electron chi connectivity index (χ2n) is 3.12. The summed E-state index contributed by atoms with van der Waals surface area (Å²) in [5.74, 6) is -0.550. The number of nitro groups is 1. The topological polar surface area (TPSA) is 77.3 Å². The summed E-state index contributed by atoms with van der Waals surface area (Å²) < 4.78 is 0. The van der Waals surface area contributed by atoms with Crippen molar-refractivity contribution in [2.75, 3.05) is 0 Å². The lowest BCUT2D eigenvalue weighted by atomic mass is 9.99. The highest BCUT2D eigenvalue weighted by Gasteiger charge is 2.18. The van der Waals surface area contributed by atoms with Crippen LogP contribution < -0.4 is 0 Å². The zero-order valence-corrected chi connectivity index (χ0v) is 8.04. The number of carbonyl (C=O) groups is 2. The Morgan fingerprint density at radius 3 is 2.53 bits per heavy atom. The molecular weight excluding hydrogens is 198 g/mol. The SMILES string of the molecule is CC(C=O)c1ccc(C=O)cc1[N+](=O)[O-]. The molecule has 0 bridgehead atoms. The van der Waals surface area contributed by atoms with Gasteiger partial charge in [-0.1, -0.05) is 19.1 Å². The smallest absolute Gasteiger partial charge is 0.274 e. The highest BCUT2D eigenvalue weighted by Crippen LogP contribution is 2.25. The average molecular weight is 207 g/mol. The number of hydrogen-bond acceptors (Lipinski definition) is 4. The zero-order valence-electron chi connectivity index (χ0n) is 8.04. The van der Waals surface area contributed by atoms with Crippen molar-refractivity contribution >= 4 is 18.3 Å². The zero-order chi connectivity index (χ0) is 11.4. The van der Waals surface area contributed by atoms with E-state index in [4.69, 9.17) is 0 Å². The normalized spacial score (nSPS) is 11.8. The third kappa shape index (κ3) is 2.25. The molecule has 1 aromatic rings. The van der Waals surface area contributed by atoms with E-state index in [1.165, 1.54) is 18.2 Å². The van der Waals surface area contributed by atoms with Crippen molar-refractivity contribution in [1.82, 2.24) is 0 Å². The quantitative estimate of drug-likeness (QED) is 0.427. The summed E-state index contributed by atoms with van der Waals surface area (Å²) in [6.45, 7) is 1.57. The van der Waals surface area contributed by atoms with Crippen LogP contribution in [-0.2, 0) is 4.79 Å². The minimum Gasteiger partial charge on any atom is -0.303 e. The van der Waals surface area contributed by atoms with E-state index < -0.39 is 10.8 Å². The number of aldehydes is 2. The molecule has 1 aromatic carbocycles. The van der Waals surface area contributed by atoms with Crippen LogP contribution in [-0.4, -0.2) is 17.5 Å². The van der Waals surface area contributed by atoms with Gasteiger partial charge in [0.1, 0.15) is 12.6 Å². The Morgan fingerprint density at radius 1 is 1.40 bits per heavy atom. The third-order valence-corrected chi connectivity index (χ3v) is 2.08. The third-order valence-electron chi connectivity index (χ3n) is 2.08. The van der Waals surface area contributed by atoms with Crippen LogP contribution in [0.25, 0.3) is 0 Å². The van der Waals surface area contributed by atoms with Crippen molar-refractivity contribution in [3.05, 3.63) is 39.4 Å². The highest BCUT2D eigenvalue weighted by molar-refractivity contribution is 5.77. The predicted molar refractivity (Wildman–Crippen MR) is 53.0 cm³/mol. The summed E-state index contributed by atoms with van der Waals surface area (Å²) in [6.07, 6.45) is 1.16. The average Bonchev–Trinajstić information content (AvgIpc) is 2.27. The molecule has 0 saturated heterocycles. The first kappa shape index (κ1) is 11.0. The Bertz CT molecular complexity index is 414. The molecule has 0 amide bonds. The minimum absolute atomic E-state index is 0.195. The number of hydrogen-bond donors (Lipinski definition) is 0. The van der Waals surface area contributed by atoms with Crippen molar-refractivity contribution in [2.24, 2.45) is 0 Å². The van der Waals surface area contributed by atoms with Gasteiger partial charge < -0.3 is 4.79 Å². The highest BCUT2D eigenvalue weighted by atomic mass is 16.6. The van der Waals surface area contributed by atoms with E-state index in [1.54, 1.807) is 6.92 Å². The van der Waals surface area contributed by atoms with Gasteiger partial charge in [0, 0.05) is 23.1 Å². The maximum atomic E-state index is 10.7. The molecule has 0 saturated carbocycles. The van der Waals surface area contributed by atoms with Gasteiger partial charge in [-0.3, -0.25) is 14.9 Å². The van der Waals surface area contributed by atoms with Gasteiger partial charge in [-0.15, -0.1) is 0 Å². The molecule has 0 N–H and O–H groups in total. The van der Waals surface area contributed by atoms with Crippen molar-refractivity contribution in [2.45, 2.75) is 12.8 Å². The van der Waals surface area contributed by atoms with Gasteiger partial charge in [0.15, 0.2) is 0 Å². The second kappa shape index (κ2) is 4.45. The van der Waals surface area contributed by atoms with E-state index in [0.717, 1.165) is 0 Å². The van der Waals surface area contributed by atoms with E-state index in [1.807, 2.05) is 0 Å². The Hall–Kier alpha value is -2.04. The first-order valence-corrected chi connectivity index (χ1v) is 4.29. The molecule has 0 fully saturated rings. The molecule has 0 radical (unpaired) electrons. The standard InChI is InChI=1S/C10H9NO4/c1-7(5-12)9-3-2-8(6-13)4-10(9)11(14)15/h2-7H,1H3. The molecular formula is C10H9NO4. The fourth-order valence-corrected chi connectivity index (χ4v) is 1.25. The van der Waals surface area contributed by atoms with E-state index in [0.29, 0.717) is 18.1 Å². The van der Waals surface area contributed by atoms with Crippen LogP contribution in [0.3, 0.4) is 0 Å². The van der Waals surface area contributed by atoms with Crippen LogP contribution in [0.2, 0.25) is 0 Å². The number of rotatable bonds is 4. The Kier molecular flexibility index (Phi) is 3.28. The van der Waals surface area contributed by atoms with Gasteiger partial charge >= 0.3 is 0 Å². The van der Waals surface area contributed by atoms with Gasteiger partial charge in [0.05, 0.1) is 4.92 Å². The summed E-state index contributed by atoms with van der Waals surface area (Å²) in [5.41, 5.74) is 0.350. The molecule has 0 aromatic heterocycles. The molecule has 0 aliphatic carbocycles.